The summed E-state index contributed by atoms with van der Waals surface area (Å²) in [5, 5.41) is 5.51. The number of nitrogens with one attached hydrogen (secondary N) is 1. The van der Waals surface area contributed by atoms with E-state index in [9.17, 15) is 4.79 Å². The highest BCUT2D eigenvalue weighted by Crippen LogP contribution is 2.39. The summed E-state index contributed by atoms with van der Waals surface area (Å²) in [6.07, 6.45) is 3.98. The zero-order valence-electron chi connectivity index (χ0n) is 20.5. The van der Waals surface area contributed by atoms with Gasteiger partial charge in [-0.2, -0.15) is 0 Å². The van der Waals surface area contributed by atoms with Gasteiger partial charge in [0, 0.05) is 22.1 Å². The zero-order valence-corrected chi connectivity index (χ0v) is 20.5. The summed E-state index contributed by atoms with van der Waals surface area (Å²) >= 11 is 0. The first-order valence-electron chi connectivity index (χ1n) is 12.6. The smallest absolute Gasteiger partial charge is 0.275 e. The molecule has 178 valence electrons. The molecule has 0 aliphatic carbocycles. The number of hydrogen-bond donors (Lipinski definition) is 1. The van der Waals surface area contributed by atoms with Gasteiger partial charge in [-0.1, -0.05) is 62.4 Å². The van der Waals surface area contributed by atoms with Crippen LogP contribution in [-0.2, 0) is 17.6 Å². The normalized spacial score (nSPS) is 15.6. The van der Waals surface area contributed by atoms with Gasteiger partial charge in [0.05, 0.1) is 6.04 Å². The van der Waals surface area contributed by atoms with Crippen molar-refractivity contribution in [1.82, 2.24) is 0 Å². The molecule has 4 aromatic carbocycles. The van der Waals surface area contributed by atoms with Crippen LogP contribution in [0.3, 0.4) is 0 Å². The molecule has 0 fully saturated rings. The fraction of sp³-hybridized carbons (Fsp3) is 0.156. The minimum atomic E-state index is -0.236. The van der Waals surface area contributed by atoms with Gasteiger partial charge in [-0.25, -0.2) is 0 Å². The lowest BCUT2D eigenvalue weighted by Gasteiger charge is -2.25. The molecule has 0 unspecified atom stereocenters. The highest BCUT2D eigenvalue weighted by atomic mass is 16.3. The molecule has 1 atom stereocenters. The maximum Gasteiger partial charge on any atom is 0.275 e. The number of carbonyl (C=O) groups excluding carboxylic acids is 1. The minimum absolute atomic E-state index is 0.0408. The number of para-hydroxylation sites is 1. The van der Waals surface area contributed by atoms with Crippen molar-refractivity contribution in [2.24, 2.45) is 0 Å². The van der Waals surface area contributed by atoms with Gasteiger partial charge >= 0.3 is 0 Å². The van der Waals surface area contributed by atoms with Crippen molar-refractivity contribution in [3.05, 3.63) is 119 Å². The van der Waals surface area contributed by atoms with Crippen molar-refractivity contribution in [1.29, 1.82) is 0 Å². The molecule has 1 N–H and O–H groups in total. The van der Waals surface area contributed by atoms with Crippen LogP contribution in [-0.4, -0.2) is 5.91 Å². The van der Waals surface area contributed by atoms with Crippen molar-refractivity contribution in [2.75, 3.05) is 10.2 Å². The van der Waals surface area contributed by atoms with Gasteiger partial charge in [-0.3, -0.25) is 9.69 Å². The average Bonchev–Trinajstić information content (AvgIpc) is 3.46. The molecule has 4 heteroatoms. The van der Waals surface area contributed by atoms with Crippen LogP contribution in [0.5, 0.6) is 0 Å². The molecule has 1 amide bonds. The first-order valence-corrected chi connectivity index (χ1v) is 12.6. The molecule has 0 saturated heterocycles. The lowest BCUT2D eigenvalue weighted by atomic mass is 10.0. The van der Waals surface area contributed by atoms with Gasteiger partial charge in [0.25, 0.3) is 5.91 Å². The van der Waals surface area contributed by atoms with Crippen LogP contribution in [0.2, 0.25) is 0 Å². The van der Waals surface area contributed by atoms with Crippen molar-refractivity contribution < 1.29 is 9.21 Å². The standard InChI is InChI=1S/C32H28N2O2/c1-3-21-9-14-24(15-10-21)33-28-20-29(34(32(28)35)25-16-11-22(4-2)12-17-25)23-13-18-31-27(19-23)26-7-5-6-8-30(26)36-31/h5-20,29,33H,3-4H2,1-2H3/t29-/m1/s1. The summed E-state index contributed by atoms with van der Waals surface area (Å²) < 4.78 is 6.04. The number of benzene rings is 4. The second-order valence-electron chi connectivity index (χ2n) is 9.25. The number of amides is 1. The Bertz CT molecular complexity index is 1590. The summed E-state index contributed by atoms with van der Waals surface area (Å²) in [5.74, 6) is -0.0408. The van der Waals surface area contributed by atoms with Gasteiger partial charge in [0.2, 0.25) is 0 Å². The molecule has 0 saturated carbocycles. The monoisotopic (exact) mass is 472 g/mol. The highest BCUT2D eigenvalue weighted by molar-refractivity contribution is 6.11. The molecule has 0 bridgehead atoms. The van der Waals surface area contributed by atoms with E-state index in [0.29, 0.717) is 5.70 Å². The summed E-state index contributed by atoms with van der Waals surface area (Å²) in [7, 11) is 0. The molecule has 0 spiro atoms. The maximum atomic E-state index is 13.8. The molecule has 1 aliphatic heterocycles. The van der Waals surface area contributed by atoms with Crippen LogP contribution >= 0.6 is 0 Å². The van der Waals surface area contributed by atoms with Gasteiger partial charge in [0.15, 0.2) is 0 Å². The highest BCUT2D eigenvalue weighted by Gasteiger charge is 2.35. The van der Waals surface area contributed by atoms with Crippen molar-refractivity contribution in [3.8, 4) is 0 Å². The molecule has 5 aromatic rings. The Morgan fingerprint density at radius 2 is 1.44 bits per heavy atom. The predicted molar refractivity (Wildman–Crippen MR) is 147 cm³/mol. The number of anilines is 2. The lowest BCUT2D eigenvalue weighted by Crippen LogP contribution is -2.30. The zero-order chi connectivity index (χ0) is 24.6. The molecular formula is C32H28N2O2. The Hall–Kier alpha value is -4.31. The number of hydrogen-bond acceptors (Lipinski definition) is 3. The third-order valence-corrected chi connectivity index (χ3v) is 7.06. The molecular weight excluding hydrogens is 444 g/mol. The Morgan fingerprint density at radius 1 is 0.778 bits per heavy atom. The number of aryl methyl sites for hydroxylation is 2. The van der Waals surface area contributed by atoms with Crippen LogP contribution in [0.1, 0.15) is 36.6 Å². The Balaban J connectivity index is 1.43. The van der Waals surface area contributed by atoms with E-state index in [-0.39, 0.29) is 11.9 Å². The summed E-state index contributed by atoms with van der Waals surface area (Å²) in [6, 6.07) is 30.6. The second kappa shape index (κ2) is 9.04. The molecule has 4 nitrogen and oxygen atoms in total. The maximum absolute atomic E-state index is 13.8. The quantitative estimate of drug-likeness (QED) is 0.274. The van der Waals surface area contributed by atoms with Crippen LogP contribution in [0.4, 0.5) is 11.4 Å². The predicted octanol–water partition coefficient (Wildman–Crippen LogP) is 7.79. The lowest BCUT2D eigenvalue weighted by molar-refractivity contribution is -0.114. The van der Waals surface area contributed by atoms with Crippen LogP contribution in [0, 0.1) is 0 Å². The third-order valence-electron chi connectivity index (χ3n) is 7.06. The van der Waals surface area contributed by atoms with Gasteiger partial charge < -0.3 is 9.73 Å². The summed E-state index contributed by atoms with van der Waals surface area (Å²) in [6.45, 7) is 4.27. The molecule has 0 radical (unpaired) electrons. The third kappa shape index (κ3) is 3.85. The first-order chi connectivity index (χ1) is 17.6. The minimum Gasteiger partial charge on any atom is -0.456 e. The molecule has 2 heterocycles. The van der Waals surface area contributed by atoms with E-state index in [4.69, 9.17) is 4.42 Å². The Labute approximate surface area is 210 Å². The van der Waals surface area contributed by atoms with Crippen LogP contribution in [0.15, 0.2) is 107 Å². The van der Waals surface area contributed by atoms with E-state index in [1.807, 2.05) is 59.5 Å². The Kier molecular flexibility index (Phi) is 5.57. The van der Waals surface area contributed by atoms with Gasteiger partial charge in [0.1, 0.15) is 16.9 Å². The number of rotatable bonds is 6. The molecule has 36 heavy (non-hydrogen) atoms. The van der Waals surface area contributed by atoms with E-state index in [2.05, 4.69) is 61.6 Å². The second-order valence-corrected chi connectivity index (χ2v) is 9.25. The number of nitrogens with zero attached hydrogens (tertiary/aromatic N) is 1. The van der Waals surface area contributed by atoms with Crippen LogP contribution in [0.25, 0.3) is 21.9 Å². The van der Waals surface area contributed by atoms with Gasteiger partial charge in [-0.15, -0.1) is 0 Å². The fourth-order valence-corrected chi connectivity index (χ4v) is 4.98. The SMILES string of the molecule is CCc1ccc(NC2=C[C@H](c3ccc4oc5ccccc5c4c3)N(c3ccc(CC)cc3)C2=O)cc1. The van der Waals surface area contributed by atoms with E-state index in [1.54, 1.807) is 0 Å². The van der Waals surface area contributed by atoms with E-state index >= 15 is 0 Å². The number of furan rings is 1. The Morgan fingerprint density at radius 3 is 2.17 bits per heavy atom. The average molecular weight is 473 g/mol. The van der Waals surface area contributed by atoms with Crippen molar-refractivity contribution in [2.45, 2.75) is 32.7 Å². The van der Waals surface area contributed by atoms with Crippen molar-refractivity contribution >= 4 is 39.2 Å². The van der Waals surface area contributed by atoms with E-state index in [0.717, 1.165) is 51.7 Å². The van der Waals surface area contributed by atoms with Crippen molar-refractivity contribution in [3.63, 3.8) is 0 Å². The number of carbonyl (C=O) groups is 1. The van der Waals surface area contributed by atoms with E-state index < -0.39 is 0 Å². The van der Waals surface area contributed by atoms with E-state index in [1.165, 1.54) is 11.1 Å². The fourth-order valence-electron chi connectivity index (χ4n) is 4.98. The summed E-state index contributed by atoms with van der Waals surface area (Å²) in [5.41, 5.74) is 7.65. The molecule has 1 aliphatic rings. The molecule has 6 rings (SSSR count). The van der Waals surface area contributed by atoms with Gasteiger partial charge in [-0.05, 0) is 78.1 Å². The molecule has 1 aromatic heterocycles. The first kappa shape index (κ1) is 22.2. The number of fused-ring (bicyclic) bond motifs is 3. The topological polar surface area (TPSA) is 45.5 Å². The largest absolute Gasteiger partial charge is 0.456 e. The summed E-state index contributed by atoms with van der Waals surface area (Å²) in [4.78, 5) is 15.7. The van der Waals surface area contributed by atoms with Crippen LogP contribution < -0.4 is 10.2 Å².